The summed E-state index contributed by atoms with van der Waals surface area (Å²) in [6.07, 6.45) is 4.22. The predicted octanol–water partition coefficient (Wildman–Crippen LogP) is 0.554. The summed E-state index contributed by atoms with van der Waals surface area (Å²) in [6.45, 7) is 2.79. The van der Waals surface area contributed by atoms with Crippen LogP contribution in [0.1, 0.15) is 12.5 Å². The number of carbonyl (C=O) groups excluding carboxylic acids is 1. The molecule has 1 amide bonds. The number of fused-ring (bicyclic) bond motifs is 1. The number of nitrogens with zero attached hydrogens (tertiary/aromatic N) is 1. The Morgan fingerprint density at radius 3 is 3.36 bits per heavy atom. The lowest BCUT2D eigenvalue weighted by molar-refractivity contribution is -0.118. The van der Waals surface area contributed by atoms with E-state index < -0.39 is 0 Å². The van der Waals surface area contributed by atoms with Crippen LogP contribution in [0, 0.1) is 0 Å². The lowest BCUT2D eigenvalue weighted by Gasteiger charge is -2.24. The summed E-state index contributed by atoms with van der Waals surface area (Å²) in [7, 11) is 0. The largest absolute Gasteiger partial charge is 0.324 e. The van der Waals surface area contributed by atoms with Gasteiger partial charge in [-0.25, -0.2) is 0 Å². The summed E-state index contributed by atoms with van der Waals surface area (Å²) >= 11 is 0. The summed E-state index contributed by atoms with van der Waals surface area (Å²) in [6, 6.07) is 1.71. The van der Waals surface area contributed by atoms with Crippen LogP contribution in [-0.4, -0.2) is 23.5 Å². The van der Waals surface area contributed by atoms with E-state index in [1.165, 1.54) is 0 Å². The molecule has 1 aromatic heterocycles. The van der Waals surface area contributed by atoms with Crippen molar-refractivity contribution in [2.24, 2.45) is 0 Å². The van der Waals surface area contributed by atoms with E-state index in [9.17, 15) is 4.79 Å². The standard InChI is InChI=1S/C10H13N3O/c1-2-12-9-5-7-6-11-4-3-8(7)13-10(9)14/h3-4,6,9,12H,2,5H2,1H3,(H,13,14). The fourth-order valence-electron chi connectivity index (χ4n) is 1.66. The van der Waals surface area contributed by atoms with Crippen LogP contribution in [0.2, 0.25) is 0 Å². The highest BCUT2D eigenvalue weighted by molar-refractivity contribution is 5.97. The molecule has 2 N–H and O–H groups in total. The van der Waals surface area contributed by atoms with Gasteiger partial charge in [0.05, 0.1) is 6.04 Å². The van der Waals surface area contributed by atoms with Crippen LogP contribution in [0.5, 0.6) is 0 Å². The molecule has 1 atom stereocenters. The number of pyridine rings is 1. The minimum Gasteiger partial charge on any atom is -0.324 e. The second kappa shape index (κ2) is 3.75. The Labute approximate surface area is 82.7 Å². The maximum absolute atomic E-state index is 11.6. The Balaban J connectivity index is 2.22. The van der Waals surface area contributed by atoms with Gasteiger partial charge in [-0.15, -0.1) is 0 Å². The van der Waals surface area contributed by atoms with E-state index in [0.717, 1.165) is 24.2 Å². The van der Waals surface area contributed by atoms with E-state index in [0.29, 0.717) is 0 Å². The lowest BCUT2D eigenvalue weighted by atomic mass is 10.0. The molecule has 0 aliphatic carbocycles. The monoisotopic (exact) mass is 191 g/mol. The Kier molecular flexibility index (Phi) is 2.45. The van der Waals surface area contributed by atoms with Gasteiger partial charge in [0.25, 0.3) is 0 Å². The van der Waals surface area contributed by atoms with Gasteiger partial charge in [-0.1, -0.05) is 6.92 Å². The molecule has 0 radical (unpaired) electrons. The molecular weight excluding hydrogens is 178 g/mol. The molecular formula is C10H13N3O. The highest BCUT2D eigenvalue weighted by atomic mass is 16.2. The van der Waals surface area contributed by atoms with Crippen LogP contribution < -0.4 is 10.6 Å². The van der Waals surface area contributed by atoms with Crippen LogP contribution >= 0.6 is 0 Å². The lowest BCUT2D eigenvalue weighted by Crippen LogP contribution is -2.44. The first-order chi connectivity index (χ1) is 6.81. The SMILES string of the molecule is CCNC1Cc2cnccc2NC1=O. The van der Waals surface area contributed by atoms with Crippen molar-refractivity contribution in [3.05, 3.63) is 24.0 Å². The van der Waals surface area contributed by atoms with Gasteiger partial charge in [0, 0.05) is 24.5 Å². The third-order valence-corrected chi connectivity index (χ3v) is 2.35. The number of amides is 1. The van der Waals surface area contributed by atoms with Gasteiger partial charge < -0.3 is 10.6 Å². The minimum absolute atomic E-state index is 0.0468. The fourth-order valence-corrected chi connectivity index (χ4v) is 1.66. The van der Waals surface area contributed by atoms with Crippen LogP contribution in [0.4, 0.5) is 5.69 Å². The van der Waals surface area contributed by atoms with E-state index in [4.69, 9.17) is 0 Å². The number of anilines is 1. The van der Waals surface area contributed by atoms with Crippen molar-refractivity contribution < 1.29 is 4.79 Å². The molecule has 1 aliphatic rings. The molecule has 2 rings (SSSR count). The van der Waals surface area contributed by atoms with Crippen LogP contribution in [0.15, 0.2) is 18.5 Å². The highest BCUT2D eigenvalue weighted by Gasteiger charge is 2.24. The maximum Gasteiger partial charge on any atom is 0.241 e. The Morgan fingerprint density at radius 2 is 2.57 bits per heavy atom. The quantitative estimate of drug-likeness (QED) is 0.718. The first-order valence-corrected chi connectivity index (χ1v) is 4.78. The number of aromatic nitrogens is 1. The van der Waals surface area contributed by atoms with Crippen molar-refractivity contribution in [1.29, 1.82) is 0 Å². The fraction of sp³-hybridized carbons (Fsp3) is 0.400. The zero-order valence-electron chi connectivity index (χ0n) is 8.08. The number of nitrogens with one attached hydrogen (secondary N) is 2. The first kappa shape index (κ1) is 9.15. The van der Waals surface area contributed by atoms with Crippen molar-refractivity contribution >= 4 is 11.6 Å². The zero-order chi connectivity index (χ0) is 9.97. The molecule has 0 saturated carbocycles. The van der Waals surface area contributed by atoms with Crippen molar-refractivity contribution in [2.45, 2.75) is 19.4 Å². The molecule has 0 spiro atoms. The number of likely N-dealkylation sites (N-methyl/N-ethyl adjacent to an activating group) is 1. The predicted molar refractivity (Wildman–Crippen MR) is 54.0 cm³/mol. The first-order valence-electron chi connectivity index (χ1n) is 4.78. The molecule has 14 heavy (non-hydrogen) atoms. The molecule has 0 fully saturated rings. The van der Waals surface area contributed by atoms with Crippen molar-refractivity contribution in [3.8, 4) is 0 Å². The smallest absolute Gasteiger partial charge is 0.241 e. The number of hydrogen-bond acceptors (Lipinski definition) is 3. The van der Waals surface area contributed by atoms with Gasteiger partial charge in [0.15, 0.2) is 0 Å². The Morgan fingerprint density at radius 1 is 1.71 bits per heavy atom. The van der Waals surface area contributed by atoms with Crippen molar-refractivity contribution in [3.63, 3.8) is 0 Å². The van der Waals surface area contributed by atoms with E-state index >= 15 is 0 Å². The molecule has 0 bridgehead atoms. The average Bonchev–Trinajstić information content (AvgIpc) is 2.19. The van der Waals surface area contributed by atoms with Gasteiger partial charge in [0.2, 0.25) is 5.91 Å². The molecule has 0 saturated heterocycles. The minimum atomic E-state index is -0.114. The Hall–Kier alpha value is -1.42. The second-order valence-corrected chi connectivity index (χ2v) is 3.34. The van der Waals surface area contributed by atoms with Gasteiger partial charge in [-0.2, -0.15) is 0 Å². The summed E-state index contributed by atoms with van der Waals surface area (Å²) in [5.41, 5.74) is 1.98. The summed E-state index contributed by atoms with van der Waals surface area (Å²) in [5, 5.41) is 5.99. The maximum atomic E-state index is 11.6. The van der Waals surface area contributed by atoms with Gasteiger partial charge in [-0.05, 0) is 18.2 Å². The molecule has 2 heterocycles. The second-order valence-electron chi connectivity index (χ2n) is 3.34. The van der Waals surface area contributed by atoms with E-state index in [-0.39, 0.29) is 11.9 Å². The van der Waals surface area contributed by atoms with Gasteiger partial charge >= 0.3 is 0 Å². The molecule has 1 aromatic rings. The summed E-state index contributed by atoms with van der Waals surface area (Å²) in [5.74, 6) is 0.0468. The number of carbonyl (C=O) groups is 1. The molecule has 1 unspecified atom stereocenters. The normalized spacial score (nSPS) is 20.1. The Bertz CT molecular complexity index is 351. The van der Waals surface area contributed by atoms with E-state index in [1.54, 1.807) is 12.4 Å². The number of rotatable bonds is 2. The molecule has 4 heteroatoms. The van der Waals surface area contributed by atoms with E-state index in [1.807, 2.05) is 13.0 Å². The van der Waals surface area contributed by atoms with Crippen molar-refractivity contribution in [2.75, 3.05) is 11.9 Å². The van der Waals surface area contributed by atoms with Crippen LogP contribution in [0.25, 0.3) is 0 Å². The summed E-state index contributed by atoms with van der Waals surface area (Å²) in [4.78, 5) is 15.6. The van der Waals surface area contributed by atoms with Gasteiger partial charge in [0.1, 0.15) is 0 Å². The average molecular weight is 191 g/mol. The van der Waals surface area contributed by atoms with Crippen LogP contribution in [-0.2, 0) is 11.2 Å². The third-order valence-electron chi connectivity index (χ3n) is 2.35. The van der Waals surface area contributed by atoms with Crippen molar-refractivity contribution in [1.82, 2.24) is 10.3 Å². The topological polar surface area (TPSA) is 54.0 Å². The zero-order valence-corrected chi connectivity index (χ0v) is 8.08. The van der Waals surface area contributed by atoms with Gasteiger partial charge in [-0.3, -0.25) is 9.78 Å². The molecule has 1 aliphatic heterocycles. The van der Waals surface area contributed by atoms with E-state index in [2.05, 4.69) is 15.6 Å². The summed E-state index contributed by atoms with van der Waals surface area (Å²) < 4.78 is 0. The molecule has 74 valence electrons. The molecule has 0 aromatic carbocycles. The van der Waals surface area contributed by atoms with Crippen LogP contribution in [0.3, 0.4) is 0 Å². The molecule has 4 nitrogen and oxygen atoms in total. The highest BCUT2D eigenvalue weighted by Crippen LogP contribution is 2.20. The number of hydrogen-bond donors (Lipinski definition) is 2. The third kappa shape index (κ3) is 1.61.